The summed E-state index contributed by atoms with van der Waals surface area (Å²) < 4.78 is 0. The van der Waals surface area contributed by atoms with E-state index in [0.29, 0.717) is 11.1 Å². The van der Waals surface area contributed by atoms with Gasteiger partial charge in [-0.1, -0.05) is 11.6 Å². The first-order valence-electron chi connectivity index (χ1n) is 14.3. The average molecular weight is 633 g/mol. The normalized spacial score (nSPS) is 25.7. The van der Waals surface area contributed by atoms with Gasteiger partial charge in [-0.3, -0.25) is 29.0 Å². The molecule has 2 amide bonds. The van der Waals surface area contributed by atoms with E-state index < -0.39 is 69.1 Å². The number of nitrogens with zero attached hydrogens (tertiary/aromatic N) is 2. The number of Topliss-reactive ketones (excluding diaryl/α,β-unsaturated/α-hetero) is 2. The van der Waals surface area contributed by atoms with Crippen LogP contribution in [0.1, 0.15) is 57.7 Å². The topological polar surface area (TPSA) is 194 Å². The molecule has 4 atom stereocenters. The number of carbonyl (C=O) groups excluding carboxylic acids is 4. The zero-order chi connectivity index (χ0) is 33.4. The molecule has 0 radical (unpaired) electrons. The van der Waals surface area contributed by atoms with Crippen LogP contribution in [0.5, 0.6) is 5.75 Å². The number of carbonyl (C=O) groups is 4. The number of benzene rings is 1. The maximum Gasteiger partial charge on any atom is 0.255 e. The van der Waals surface area contributed by atoms with Gasteiger partial charge in [-0.05, 0) is 91.7 Å². The first kappa shape index (κ1) is 33.4. The van der Waals surface area contributed by atoms with E-state index in [1.165, 1.54) is 25.1 Å². The molecule has 13 heteroatoms. The molecule has 7 N–H and O–H groups in total. The molecule has 0 aliphatic heterocycles. The third-order valence-electron chi connectivity index (χ3n) is 9.14. The van der Waals surface area contributed by atoms with Crippen LogP contribution >= 0.6 is 11.6 Å². The monoisotopic (exact) mass is 632 g/mol. The number of aliphatic hydroxyl groups excluding tert-OH is 2. The number of likely N-dealkylation sites (N-methyl/N-ethyl adjacent to an activating group) is 2. The Bertz CT molecular complexity index is 1540. The van der Waals surface area contributed by atoms with Crippen molar-refractivity contribution >= 4 is 40.7 Å². The molecule has 1 aromatic carbocycles. The quantitative estimate of drug-likeness (QED) is 0.252. The van der Waals surface area contributed by atoms with Crippen LogP contribution in [-0.2, 0) is 32.1 Å². The highest BCUT2D eigenvalue weighted by Gasteiger charge is 2.64. The summed E-state index contributed by atoms with van der Waals surface area (Å²) in [6, 6.07) is 0.166. The lowest BCUT2D eigenvalue weighted by molar-refractivity contribution is -0.153. The van der Waals surface area contributed by atoms with E-state index in [2.05, 4.69) is 5.32 Å². The minimum atomic E-state index is -2.72. The molecule has 1 fully saturated rings. The summed E-state index contributed by atoms with van der Waals surface area (Å²) in [4.78, 5) is 55.6. The van der Waals surface area contributed by atoms with Crippen molar-refractivity contribution < 1.29 is 39.6 Å². The summed E-state index contributed by atoms with van der Waals surface area (Å²) in [6.07, 6.45) is 0.0133. The van der Waals surface area contributed by atoms with E-state index in [0.717, 1.165) is 0 Å². The van der Waals surface area contributed by atoms with E-state index in [4.69, 9.17) is 17.3 Å². The van der Waals surface area contributed by atoms with Crippen LogP contribution in [0, 0.1) is 11.8 Å². The Labute approximate surface area is 261 Å². The second-order valence-corrected chi connectivity index (χ2v) is 14.2. The predicted octanol–water partition coefficient (Wildman–Crippen LogP) is 1.74. The van der Waals surface area contributed by atoms with Gasteiger partial charge in [-0.2, -0.15) is 0 Å². The minimum Gasteiger partial charge on any atom is -0.508 e. The molecule has 0 spiro atoms. The number of phenols is 1. The van der Waals surface area contributed by atoms with Crippen molar-refractivity contribution in [3.8, 4) is 5.75 Å². The van der Waals surface area contributed by atoms with Gasteiger partial charge in [0.1, 0.15) is 22.8 Å². The van der Waals surface area contributed by atoms with Crippen LogP contribution in [-0.4, -0.2) is 97.5 Å². The molecule has 44 heavy (non-hydrogen) atoms. The highest BCUT2D eigenvalue weighted by atomic mass is 35.5. The summed E-state index contributed by atoms with van der Waals surface area (Å²) in [5.74, 6) is -7.51. The molecule has 3 aliphatic rings. The molecule has 3 aliphatic carbocycles. The van der Waals surface area contributed by atoms with Gasteiger partial charge >= 0.3 is 0 Å². The molecule has 0 bridgehead atoms. The minimum absolute atomic E-state index is 0.0486. The Kier molecular flexibility index (Phi) is 8.26. The van der Waals surface area contributed by atoms with Crippen molar-refractivity contribution in [1.29, 1.82) is 0 Å². The third kappa shape index (κ3) is 5.07. The van der Waals surface area contributed by atoms with Crippen LogP contribution in [0.2, 0.25) is 5.02 Å². The number of hydrogen-bond donors (Lipinski definition) is 6. The zero-order valence-corrected chi connectivity index (χ0v) is 27.0. The van der Waals surface area contributed by atoms with Gasteiger partial charge in [0.05, 0.1) is 17.1 Å². The smallest absolute Gasteiger partial charge is 0.255 e. The lowest BCUT2D eigenvalue weighted by Gasteiger charge is -2.50. The first-order valence-corrected chi connectivity index (χ1v) is 14.7. The maximum atomic E-state index is 14.0. The van der Waals surface area contributed by atoms with Crippen LogP contribution in [0.25, 0.3) is 5.76 Å². The maximum absolute atomic E-state index is 14.0. The van der Waals surface area contributed by atoms with Crippen LogP contribution in [0.4, 0.5) is 0 Å². The largest absolute Gasteiger partial charge is 0.508 e. The summed E-state index contributed by atoms with van der Waals surface area (Å²) in [5, 5.41) is 48.4. The number of hydrogen-bond acceptors (Lipinski definition) is 10. The number of primary amides is 1. The van der Waals surface area contributed by atoms with Gasteiger partial charge in [0.15, 0.2) is 11.4 Å². The summed E-state index contributed by atoms with van der Waals surface area (Å²) >= 11 is 6.89. The zero-order valence-electron chi connectivity index (χ0n) is 26.2. The second kappa shape index (κ2) is 10.9. The van der Waals surface area contributed by atoms with E-state index in [1.54, 1.807) is 25.8 Å². The Balaban J connectivity index is 1.80. The molecule has 0 heterocycles. The summed E-state index contributed by atoms with van der Waals surface area (Å²) in [5.41, 5.74) is 0.837. The van der Waals surface area contributed by atoms with Crippen molar-refractivity contribution in [3.05, 3.63) is 44.7 Å². The highest BCUT2D eigenvalue weighted by Crippen LogP contribution is 2.53. The molecule has 240 valence electrons. The molecule has 4 rings (SSSR count). The number of phenolic OH excluding ortho intramolecular Hbond substituents is 1. The lowest BCUT2D eigenvalue weighted by atomic mass is 9.57. The molecule has 1 saturated carbocycles. The lowest BCUT2D eigenvalue weighted by Crippen LogP contribution is -2.65. The van der Waals surface area contributed by atoms with Crippen molar-refractivity contribution in [2.24, 2.45) is 17.6 Å². The first-order chi connectivity index (χ1) is 20.1. The van der Waals surface area contributed by atoms with Crippen molar-refractivity contribution in [2.75, 3.05) is 21.1 Å². The van der Waals surface area contributed by atoms with Gasteiger partial charge in [0.2, 0.25) is 11.7 Å². The van der Waals surface area contributed by atoms with Crippen molar-refractivity contribution in [2.45, 2.75) is 76.7 Å². The fraction of sp³-hybridized carbons (Fsp3) is 0.548. The molecule has 0 unspecified atom stereocenters. The molecule has 0 aromatic heterocycles. The predicted molar refractivity (Wildman–Crippen MR) is 163 cm³/mol. The SMILES string of the molecule is CN(C)[C@@H]1C(=O)C(C(N)=O)=C(O)[C@@]2(O)C(=O)C3=C(O)c4c(O)cc(CN(C)C(C)(C)C(=O)NC(C)(C)C)c(Cl)c4C[C@H]3C[C@@H]12. The number of aliphatic hydroxyl groups is 3. The number of aromatic hydroxyl groups is 1. The number of halogens is 1. The van der Waals surface area contributed by atoms with Crippen LogP contribution in [0.3, 0.4) is 0 Å². The van der Waals surface area contributed by atoms with E-state index in [-0.39, 0.29) is 47.2 Å². The van der Waals surface area contributed by atoms with Gasteiger partial charge in [0.25, 0.3) is 5.91 Å². The third-order valence-corrected chi connectivity index (χ3v) is 9.61. The van der Waals surface area contributed by atoms with Gasteiger partial charge in [-0.25, -0.2) is 0 Å². The number of rotatable bonds is 6. The van der Waals surface area contributed by atoms with Crippen molar-refractivity contribution in [3.63, 3.8) is 0 Å². The van der Waals surface area contributed by atoms with Gasteiger partial charge in [-0.15, -0.1) is 0 Å². The number of fused-ring (bicyclic) bond motifs is 3. The fourth-order valence-electron chi connectivity index (χ4n) is 6.58. The molecule has 12 nitrogen and oxygen atoms in total. The molecular formula is C31H41ClN4O8. The average Bonchev–Trinajstić information content (AvgIpc) is 2.87. The van der Waals surface area contributed by atoms with Gasteiger partial charge in [0, 0.05) is 28.6 Å². The fourth-order valence-corrected chi connectivity index (χ4v) is 6.87. The second-order valence-electron chi connectivity index (χ2n) is 13.8. The standard InChI is InChI=1S/C31H41ClN4O8/c1-29(2,3)34-28(43)30(4,5)36(8)12-14-11-17(37)19-15(21(14)32)9-13-10-16-22(35(6)7)24(39)20(27(33)42)26(41)31(16,44)25(40)18(13)23(19)38/h11,13,16,22,37-38,41,44H,9-10,12H2,1-8H3,(H2,33,42)(H,34,43)/t13-,16-,22-,31-/m0/s1. The number of ketones is 2. The highest BCUT2D eigenvalue weighted by molar-refractivity contribution is 6.32. The molecule has 0 saturated heterocycles. The van der Waals surface area contributed by atoms with E-state index in [9.17, 15) is 39.6 Å². The van der Waals surface area contributed by atoms with E-state index >= 15 is 0 Å². The van der Waals surface area contributed by atoms with Crippen molar-refractivity contribution in [1.82, 2.24) is 15.1 Å². The Hall–Kier alpha value is -3.45. The Morgan fingerprint density at radius 1 is 1.11 bits per heavy atom. The summed E-state index contributed by atoms with van der Waals surface area (Å²) in [6.45, 7) is 9.31. The molecular weight excluding hydrogens is 592 g/mol. The number of nitrogens with one attached hydrogen (secondary N) is 1. The Morgan fingerprint density at radius 2 is 1.70 bits per heavy atom. The van der Waals surface area contributed by atoms with E-state index in [1.807, 2.05) is 20.8 Å². The number of nitrogens with two attached hydrogens (primary N) is 1. The van der Waals surface area contributed by atoms with Crippen LogP contribution in [0.15, 0.2) is 23.0 Å². The number of amides is 2. The van der Waals surface area contributed by atoms with Crippen LogP contribution < -0.4 is 11.1 Å². The molecule has 1 aromatic rings. The summed E-state index contributed by atoms with van der Waals surface area (Å²) in [7, 11) is 4.82. The Morgan fingerprint density at radius 3 is 2.23 bits per heavy atom. The van der Waals surface area contributed by atoms with Gasteiger partial charge < -0.3 is 31.5 Å².